The highest BCUT2D eigenvalue weighted by Crippen LogP contribution is 2.39. The van der Waals surface area contributed by atoms with Gasteiger partial charge in [-0.2, -0.15) is 0 Å². The summed E-state index contributed by atoms with van der Waals surface area (Å²) in [5.41, 5.74) is 10.3. The number of rotatable bonds is 4. The van der Waals surface area contributed by atoms with Crippen LogP contribution in [0.3, 0.4) is 0 Å². The number of hydrogen-bond acceptors (Lipinski definition) is 4. The molecular formula is C24H20Cl3N3O2. The lowest BCUT2D eigenvalue weighted by atomic mass is 9.96. The van der Waals surface area contributed by atoms with Crippen LogP contribution >= 0.6 is 34.8 Å². The average molecular weight is 489 g/mol. The highest BCUT2D eigenvalue weighted by atomic mass is 35.5. The second-order valence-corrected chi connectivity index (χ2v) is 8.74. The van der Waals surface area contributed by atoms with Gasteiger partial charge in [0.1, 0.15) is 5.65 Å². The number of pyridine rings is 2. The van der Waals surface area contributed by atoms with Crippen molar-refractivity contribution in [3.05, 3.63) is 79.5 Å². The lowest BCUT2D eigenvalue weighted by Crippen LogP contribution is -2.26. The molecular weight excluding hydrogens is 469 g/mol. The van der Waals surface area contributed by atoms with E-state index in [1.54, 1.807) is 44.3 Å². The largest absolute Gasteiger partial charge is 0.398 e. The quantitative estimate of drug-likeness (QED) is 0.355. The number of hydrogen-bond donors (Lipinski definition) is 1. The predicted octanol–water partition coefficient (Wildman–Crippen LogP) is 6.52. The van der Waals surface area contributed by atoms with Crippen LogP contribution in [0.4, 0.5) is 5.69 Å². The molecule has 0 radical (unpaired) electrons. The first kappa shape index (κ1) is 22.6. The molecule has 2 aromatic heterocycles. The van der Waals surface area contributed by atoms with E-state index in [-0.39, 0.29) is 5.56 Å². The SMILES string of the molecule is COC(C)c1c(N)c2cc(-c3ccc(Cl)cc3)c(-c3ccc(Cl)cc3Cl)nc2n(C)c1=O. The standard InChI is InChI=1S/C24H20Cl3N3O2/c1-12(32-3)20-21(28)18-11-17(13-4-6-14(25)7-5-13)22(29-23(18)30(2)24(20)31)16-9-8-15(26)10-19(16)27/h4-12H,28H2,1-3H3. The smallest absolute Gasteiger partial charge is 0.259 e. The lowest BCUT2D eigenvalue weighted by molar-refractivity contribution is 0.119. The molecule has 4 rings (SSSR count). The Kier molecular flexibility index (Phi) is 6.19. The van der Waals surface area contributed by atoms with Gasteiger partial charge in [-0.05, 0) is 48.9 Å². The van der Waals surface area contributed by atoms with Gasteiger partial charge in [0, 0.05) is 40.7 Å². The van der Waals surface area contributed by atoms with Crippen LogP contribution in [0.1, 0.15) is 18.6 Å². The molecule has 0 aliphatic rings. The molecule has 0 amide bonds. The van der Waals surface area contributed by atoms with Gasteiger partial charge < -0.3 is 10.5 Å². The van der Waals surface area contributed by atoms with Crippen LogP contribution < -0.4 is 11.3 Å². The number of aryl methyl sites for hydroxylation is 1. The molecule has 2 heterocycles. The molecule has 8 heteroatoms. The molecule has 2 aromatic carbocycles. The molecule has 164 valence electrons. The Labute approximate surface area is 200 Å². The van der Waals surface area contributed by atoms with Gasteiger partial charge in [0.15, 0.2) is 0 Å². The van der Waals surface area contributed by atoms with Gasteiger partial charge in [-0.1, -0.05) is 46.9 Å². The molecule has 0 bridgehead atoms. The van der Waals surface area contributed by atoms with Crippen molar-refractivity contribution in [1.29, 1.82) is 0 Å². The molecule has 0 aliphatic heterocycles. The van der Waals surface area contributed by atoms with Gasteiger partial charge in [0.2, 0.25) is 0 Å². The number of nitrogens with two attached hydrogens (primary N) is 1. The number of ether oxygens (including phenoxy) is 1. The minimum absolute atomic E-state index is 0.260. The second-order valence-electron chi connectivity index (χ2n) is 7.46. The number of benzene rings is 2. The van der Waals surface area contributed by atoms with Crippen LogP contribution in [0, 0.1) is 0 Å². The third kappa shape index (κ3) is 3.86. The van der Waals surface area contributed by atoms with E-state index in [2.05, 4.69) is 0 Å². The maximum atomic E-state index is 13.1. The summed E-state index contributed by atoms with van der Waals surface area (Å²) in [6, 6.07) is 14.5. The molecule has 0 saturated carbocycles. The Morgan fingerprint density at radius 2 is 1.66 bits per heavy atom. The van der Waals surface area contributed by atoms with Crippen molar-refractivity contribution in [3.63, 3.8) is 0 Å². The predicted molar refractivity (Wildman–Crippen MR) is 133 cm³/mol. The molecule has 1 unspecified atom stereocenters. The van der Waals surface area contributed by atoms with Crippen LogP contribution in [0.5, 0.6) is 0 Å². The van der Waals surface area contributed by atoms with Gasteiger partial charge >= 0.3 is 0 Å². The number of nitrogens with zero attached hydrogens (tertiary/aromatic N) is 2. The first-order valence-electron chi connectivity index (χ1n) is 9.80. The summed E-state index contributed by atoms with van der Waals surface area (Å²) in [7, 11) is 3.20. The van der Waals surface area contributed by atoms with E-state index in [9.17, 15) is 4.79 Å². The first-order chi connectivity index (χ1) is 15.2. The van der Waals surface area contributed by atoms with Gasteiger partial charge in [0.05, 0.1) is 28.1 Å². The van der Waals surface area contributed by atoms with E-state index in [1.807, 2.05) is 18.2 Å². The third-order valence-electron chi connectivity index (χ3n) is 5.54. The number of halogens is 3. The fourth-order valence-electron chi connectivity index (χ4n) is 3.74. The van der Waals surface area contributed by atoms with Crippen molar-refractivity contribution in [3.8, 4) is 22.4 Å². The number of aromatic nitrogens is 2. The van der Waals surface area contributed by atoms with Crippen LogP contribution in [-0.2, 0) is 11.8 Å². The maximum Gasteiger partial charge on any atom is 0.259 e. The van der Waals surface area contributed by atoms with Crippen molar-refractivity contribution in [2.45, 2.75) is 13.0 Å². The Balaban J connectivity index is 2.14. The molecule has 1 atom stereocenters. The van der Waals surface area contributed by atoms with Crippen molar-refractivity contribution >= 4 is 51.5 Å². The lowest BCUT2D eigenvalue weighted by Gasteiger charge is -2.19. The van der Waals surface area contributed by atoms with Crippen LogP contribution in [-0.4, -0.2) is 16.7 Å². The zero-order valence-electron chi connectivity index (χ0n) is 17.6. The minimum atomic E-state index is -0.470. The van der Waals surface area contributed by atoms with Crippen molar-refractivity contribution in [2.24, 2.45) is 7.05 Å². The fraction of sp³-hybridized carbons (Fsp3) is 0.167. The zero-order chi connectivity index (χ0) is 23.2. The van der Waals surface area contributed by atoms with Crippen LogP contribution in [0.15, 0.2) is 53.3 Å². The highest BCUT2D eigenvalue weighted by molar-refractivity contribution is 6.36. The Bertz CT molecular complexity index is 1400. The number of methoxy groups -OCH3 is 1. The summed E-state index contributed by atoms with van der Waals surface area (Å²) < 4.78 is 6.87. The van der Waals surface area contributed by atoms with Crippen molar-refractivity contribution < 1.29 is 4.74 Å². The van der Waals surface area contributed by atoms with E-state index in [0.29, 0.717) is 48.6 Å². The molecule has 4 aromatic rings. The fourth-order valence-corrected chi connectivity index (χ4v) is 4.37. The zero-order valence-corrected chi connectivity index (χ0v) is 19.9. The summed E-state index contributed by atoms with van der Waals surface area (Å²) >= 11 is 18.7. The number of anilines is 1. The molecule has 0 saturated heterocycles. The second kappa shape index (κ2) is 8.75. The topological polar surface area (TPSA) is 70.1 Å². The molecule has 2 N–H and O–H groups in total. The van der Waals surface area contributed by atoms with E-state index >= 15 is 0 Å². The van der Waals surface area contributed by atoms with E-state index < -0.39 is 6.10 Å². The van der Waals surface area contributed by atoms with Crippen molar-refractivity contribution in [1.82, 2.24) is 9.55 Å². The highest BCUT2D eigenvalue weighted by Gasteiger charge is 2.22. The average Bonchev–Trinajstić information content (AvgIpc) is 2.77. The molecule has 5 nitrogen and oxygen atoms in total. The Morgan fingerprint density at radius 1 is 1.00 bits per heavy atom. The normalized spacial score (nSPS) is 12.3. The number of fused-ring (bicyclic) bond motifs is 1. The van der Waals surface area contributed by atoms with Crippen molar-refractivity contribution in [2.75, 3.05) is 12.8 Å². The summed E-state index contributed by atoms with van der Waals surface area (Å²) in [4.78, 5) is 17.9. The van der Waals surface area contributed by atoms with E-state index in [1.165, 1.54) is 11.7 Å². The van der Waals surface area contributed by atoms with E-state index in [4.69, 9.17) is 50.3 Å². The van der Waals surface area contributed by atoms with Gasteiger partial charge in [-0.3, -0.25) is 9.36 Å². The molecule has 0 spiro atoms. The summed E-state index contributed by atoms with van der Waals surface area (Å²) in [6.07, 6.45) is -0.470. The Morgan fingerprint density at radius 3 is 2.28 bits per heavy atom. The van der Waals surface area contributed by atoms with Crippen LogP contribution in [0.25, 0.3) is 33.4 Å². The summed E-state index contributed by atoms with van der Waals surface area (Å²) in [6.45, 7) is 1.79. The molecule has 0 aliphatic carbocycles. The Hall–Kier alpha value is -2.57. The van der Waals surface area contributed by atoms with Crippen LogP contribution in [0.2, 0.25) is 15.1 Å². The van der Waals surface area contributed by atoms with Gasteiger partial charge in [-0.15, -0.1) is 0 Å². The summed E-state index contributed by atoms with van der Waals surface area (Å²) in [5, 5.41) is 2.22. The van der Waals surface area contributed by atoms with E-state index in [0.717, 1.165) is 11.1 Å². The molecule has 0 fully saturated rings. The van der Waals surface area contributed by atoms with Gasteiger partial charge in [0.25, 0.3) is 5.56 Å². The number of nitrogen functional groups attached to an aromatic ring is 1. The third-order valence-corrected chi connectivity index (χ3v) is 6.34. The monoisotopic (exact) mass is 487 g/mol. The maximum absolute atomic E-state index is 13.1. The molecule has 32 heavy (non-hydrogen) atoms. The first-order valence-corrected chi connectivity index (χ1v) is 10.9. The van der Waals surface area contributed by atoms with Gasteiger partial charge in [-0.25, -0.2) is 4.98 Å². The summed E-state index contributed by atoms with van der Waals surface area (Å²) in [5.74, 6) is 0. The minimum Gasteiger partial charge on any atom is -0.398 e.